The SMILES string of the molecule is Cc1oc([C@@H]2OC[C@@H](O)[C@H]2O)cc1C(=O)/C=C/c1ccccc1F. The molecule has 0 radical (unpaired) electrons. The first-order chi connectivity index (χ1) is 11.5. The number of carbonyl (C=O) groups excluding carboxylic acids is 1. The Labute approximate surface area is 138 Å². The van der Waals surface area contributed by atoms with Crippen LogP contribution < -0.4 is 0 Å². The van der Waals surface area contributed by atoms with Gasteiger partial charge in [-0.15, -0.1) is 0 Å². The molecule has 2 N–H and O–H groups in total. The molecule has 2 heterocycles. The molecule has 1 aromatic carbocycles. The zero-order chi connectivity index (χ0) is 17.3. The second-order valence-electron chi connectivity index (χ2n) is 5.65. The van der Waals surface area contributed by atoms with Crippen LogP contribution in [0.15, 0.2) is 40.8 Å². The summed E-state index contributed by atoms with van der Waals surface area (Å²) in [5.41, 5.74) is 0.611. The van der Waals surface area contributed by atoms with Gasteiger partial charge in [-0.05, 0) is 31.2 Å². The molecule has 6 heteroatoms. The van der Waals surface area contributed by atoms with Crippen molar-refractivity contribution in [2.24, 2.45) is 0 Å². The Morgan fingerprint density at radius 3 is 2.75 bits per heavy atom. The highest BCUT2D eigenvalue weighted by atomic mass is 19.1. The highest BCUT2D eigenvalue weighted by Gasteiger charge is 2.38. The van der Waals surface area contributed by atoms with Gasteiger partial charge in [-0.1, -0.05) is 18.2 Å². The van der Waals surface area contributed by atoms with Gasteiger partial charge in [0.05, 0.1) is 12.2 Å². The Morgan fingerprint density at radius 1 is 1.33 bits per heavy atom. The first kappa shape index (κ1) is 16.6. The highest BCUT2D eigenvalue weighted by Crippen LogP contribution is 2.32. The van der Waals surface area contributed by atoms with Gasteiger partial charge in [0.15, 0.2) is 5.78 Å². The molecule has 0 spiro atoms. The predicted molar refractivity (Wildman–Crippen MR) is 83.9 cm³/mol. The van der Waals surface area contributed by atoms with Gasteiger partial charge < -0.3 is 19.4 Å². The van der Waals surface area contributed by atoms with Crippen molar-refractivity contribution in [2.45, 2.75) is 25.2 Å². The van der Waals surface area contributed by atoms with Gasteiger partial charge in [0, 0.05) is 5.56 Å². The number of ketones is 1. The van der Waals surface area contributed by atoms with Gasteiger partial charge in [0.1, 0.15) is 35.6 Å². The molecule has 0 saturated carbocycles. The molecule has 1 aliphatic rings. The van der Waals surface area contributed by atoms with Crippen LogP contribution in [0.1, 0.15) is 33.5 Å². The summed E-state index contributed by atoms with van der Waals surface area (Å²) in [5, 5.41) is 19.4. The van der Waals surface area contributed by atoms with E-state index in [9.17, 15) is 19.4 Å². The van der Waals surface area contributed by atoms with Gasteiger partial charge in [0.2, 0.25) is 0 Å². The Morgan fingerprint density at radius 2 is 2.08 bits per heavy atom. The van der Waals surface area contributed by atoms with Crippen LogP contribution in [-0.2, 0) is 4.74 Å². The number of carbonyl (C=O) groups is 1. The third-order valence-electron chi connectivity index (χ3n) is 3.95. The van der Waals surface area contributed by atoms with Crippen LogP contribution in [0.5, 0.6) is 0 Å². The van der Waals surface area contributed by atoms with Crippen molar-refractivity contribution in [1.29, 1.82) is 0 Å². The van der Waals surface area contributed by atoms with Crippen LogP contribution in [0.2, 0.25) is 0 Å². The quantitative estimate of drug-likeness (QED) is 0.664. The molecule has 1 fully saturated rings. The second-order valence-corrected chi connectivity index (χ2v) is 5.65. The summed E-state index contributed by atoms with van der Waals surface area (Å²) in [7, 11) is 0. The molecular weight excluding hydrogens is 315 g/mol. The van der Waals surface area contributed by atoms with E-state index in [2.05, 4.69) is 0 Å². The second kappa shape index (κ2) is 6.68. The first-order valence-electron chi connectivity index (χ1n) is 7.52. The third-order valence-corrected chi connectivity index (χ3v) is 3.95. The van der Waals surface area contributed by atoms with E-state index in [1.165, 1.54) is 24.3 Å². The molecule has 0 aliphatic carbocycles. The van der Waals surface area contributed by atoms with E-state index in [-0.39, 0.29) is 18.2 Å². The fourth-order valence-corrected chi connectivity index (χ4v) is 2.61. The number of aryl methyl sites for hydroxylation is 1. The number of rotatable bonds is 4. The van der Waals surface area contributed by atoms with Gasteiger partial charge >= 0.3 is 0 Å². The minimum atomic E-state index is -1.10. The standard InChI is InChI=1S/C18H17FO5/c1-10-12(8-16(24-10)18-17(22)15(21)9-23-18)14(20)7-6-11-4-2-3-5-13(11)19/h2-8,15,17-18,21-22H,9H2,1H3/b7-6+/t15-,17-,18+/m1/s1. The predicted octanol–water partition coefficient (Wildman–Crippen LogP) is 2.42. The summed E-state index contributed by atoms with van der Waals surface area (Å²) in [6.07, 6.45) is -0.237. The van der Waals surface area contributed by atoms with E-state index >= 15 is 0 Å². The Balaban J connectivity index is 1.80. The lowest BCUT2D eigenvalue weighted by molar-refractivity contribution is 0.0117. The maximum Gasteiger partial charge on any atom is 0.189 e. The Hall–Kier alpha value is -2.28. The fraction of sp³-hybridized carbons (Fsp3) is 0.278. The van der Waals surface area contributed by atoms with Crippen LogP contribution in [0.3, 0.4) is 0 Å². The zero-order valence-electron chi connectivity index (χ0n) is 13.0. The van der Waals surface area contributed by atoms with Gasteiger partial charge in [-0.3, -0.25) is 4.79 Å². The normalized spacial score (nSPS) is 23.9. The van der Waals surface area contributed by atoms with Crippen molar-refractivity contribution in [1.82, 2.24) is 0 Å². The number of hydrogen-bond acceptors (Lipinski definition) is 5. The molecule has 2 aromatic rings. The molecule has 3 rings (SSSR count). The maximum atomic E-state index is 13.6. The molecule has 3 atom stereocenters. The minimum Gasteiger partial charge on any atom is -0.463 e. The molecule has 5 nitrogen and oxygen atoms in total. The average Bonchev–Trinajstić information content (AvgIpc) is 3.10. The van der Waals surface area contributed by atoms with Crippen LogP contribution in [0.25, 0.3) is 6.08 Å². The van der Waals surface area contributed by atoms with Crippen molar-refractivity contribution >= 4 is 11.9 Å². The summed E-state index contributed by atoms with van der Waals surface area (Å²) < 4.78 is 24.3. The largest absolute Gasteiger partial charge is 0.463 e. The van der Waals surface area contributed by atoms with Crippen LogP contribution in [0.4, 0.5) is 4.39 Å². The summed E-state index contributed by atoms with van der Waals surface area (Å²) >= 11 is 0. The number of halogens is 1. The van der Waals surface area contributed by atoms with E-state index < -0.39 is 24.1 Å². The van der Waals surface area contributed by atoms with Gasteiger partial charge in [-0.25, -0.2) is 4.39 Å². The molecular formula is C18H17FO5. The van der Waals surface area contributed by atoms with Crippen LogP contribution in [0, 0.1) is 12.7 Å². The van der Waals surface area contributed by atoms with Crippen LogP contribution in [-0.4, -0.2) is 34.8 Å². The summed E-state index contributed by atoms with van der Waals surface area (Å²) in [4.78, 5) is 12.3. The fourth-order valence-electron chi connectivity index (χ4n) is 2.61. The topological polar surface area (TPSA) is 79.9 Å². The molecule has 0 amide bonds. The molecule has 0 unspecified atom stereocenters. The van der Waals surface area contributed by atoms with Gasteiger partial charge in [-0.2, -0.15) is 0 Å². The van der Waals surface area contributed by atoms with E-state index in [4.69, 9.17) is 9.15 Å². The summed E-state index contributed by atoms with van der Waals surface area (Å²) in [5.74, 6) is -0.119. The highest BCUT2D eigenvalue weighted by molar-refractivity contribution is 6.07. The zero-order valence-corrected chi connectivity index (χ0v) is 13.0. The smallest absolute Gasteiger partial charge is 0.189 e. The minimum absolute atomic E-state index is 0.00203. The van der Waals surface area contributed by atoms with E-state index in [0.717, 1.165) is 0 Å². The number of aliphatic hydroxyl groups is 2. The van der Waals surface area contributed by atoms with Gasteiger partial charge in [0.25, 0.3) is 0 Å². The molecule has 24 heavy (non-hydrogen) atoms. The molecule has 1 aliphatic heterocycles. The maximum absolute atomic E-state index is 13.6. The van der Waals surface area contributed by atoms with E-state index in [0.29, 0.717) is 16.9 Å². The molecule has 1 saturated heterocycles. The van der Waals surface area contributed by atoms with Crippen molar-refractivity contribution in [2.75, 3.05) is 6.61 Å². The van der Waals surface area contributed by atoms with E-state index in [1.54, 1.807) is 25.1 Å². The number of aliphatic hydroxyl groups excluding tert-OH is 2. The number of benzene rings is 1. The number of hydrogen-bond donors (Lipinski definition) is 2. The van der Waals surface area contributed by atoms with Crippen LogP contribution >= 0.6 is 0 Å². The average molecular weight is 332 g/mol. The lowest BCUT2D eigenvalue weighted by Gasteiger charge is -2.11. The monoisotopic (exact) mass is 332 g/mol. The number of ether oxygens (including phenoxy) is 1. The molecule has 0 bridgehead atoms. The van der Waals surface area contributed by atoms with Crippen molar-refractivity contribution in [3.8, 4) is 0 Å². The first-order valence-corrected chi connectivity index (χ1v) is 7.52. The summed E-state index contributed by atoms with van der Waals surface area (Å²) in [6, 6.07) is 7.61. The van der Waals surface area contributed by atoms with E-state index in [1.807, 2.05) is 0 Å². The van der Waals surface area contributed by atoms with Crippen molar-refractivity contribution in [3.63, 3.8) is 0 Å². The third kappa shape index (κ3) is 3.17. The van der Waals surface area contributed by atoms with Crippen molar-refractivity contribution < 1.29 is 28.6 Å². The Bertz CT molecular complexity index is 779. The molecule has 126 valence electrons. The molecule has 1 aromatic heterocycles. The number of allylic oxidation sites excluding steroid dienone is 1. The van der Waals surface area contributed by atoms with Crippen molar-refractivity contribution in [3.05, 3.63) is 64.9 Å². The lowest BCUT2D eigenvalue weighted by Crippen LogP contribution is -2.24. The Kier molecular flexibility index (Phi) is 4.62. The lowest BCUT2D eigenvalue weighted by atomic mass is 10.1. The summed E-state index contributed by atoms with van der Waals surface area (Å²) in [6.45, 7) is 1.62. The number of furan rings is 1.